The molecule has 5 atom stereocenters. The van der Waals surface area contributed by atoms with E-state index in [1.807, 2.05) is 128 Å². The van der Waals surface area contributed by atoms with Crippen LogP contribution in [0.5, 0.6) is 5.75 Å². The second-order valence-electron chi connectivity index (χ2n) is 19.2. The maximum atomic E-state index is 15.9. The average Bonchev–Trinajstić information content (AvgIpc) is 4.06. The van der Waals surface area contributed by atoms with Crippen LogP contribution in [0.15, 0.2) is 174 Å². The highest BCUT2D eigenvalue weighted by molar-refractivity contribution is 6.91. The lowest BCUT2D eigenvalue weighted by Crippen LogP contribution is -2.51. The SMILES string of the molecule is COc1ccc([Si](C)(C)[C@H]2[C@H](CCn3cc(C(CO)c4ccccc4)nn3)O[C@@]3(C(=O)N(Cc4ccc(-n5ncc6ccccc6c5=O)cc4)c4ccc(-n5ncc6ccccc6c5=O)cc43)[C@@H]2C)cc1. The molecule has 15 heteroatoms. The first-order valence-corrected chi connectivity index (χ1v) is 27.0. The highest BCUT2D eigenvalue weighted by atomic mass is 28.3. The smallest absolute Gasteiger partial charge is 0.279 e. The van der Waals surface area contributed by atoms with Gasteiger partial charge in [0, 0.05) is 35.0 Å². The molecule has 1 saturated heterocycles. The van der Waals surface area contributed by atoms with Crippen LogP contribution in [-0.2, 0) is 28.2 Å². The Morgan fingerprint density at radius 3 is 2.03 bits per heavy atom. The molecule has 0 bridgehead atoms. The molecule has 1 amide bonds. The largest absolute Gasteiger partial charge is 0.497 e. The number of benzene rings is 6. The Labute approximate surface area is 410 Å². The summed E-state index contributed by atoms with van der Waals surface area (Å²) in [5.41, 5.74) is 2.86. The summed E-state index contributed by atoms with van der Waals surface area (Å²) in [7, 11) is -0.900. The molecular formula is C56H52N8O6Si. The first kappa shape index (κ1) is 45.6. The zero-order chi connectivity index (χ0) is 49.0. The minimum Gasteiger partial charge on any atom is -0.497 e. The normalized spacial score (nSPS) is 19.2. The van der Waals surface area contributed by atoms with Crippen molar-refractivity contribution in [2.24, 2.45) is 5.92 Å². The topological polar surface area (TPSA) is 159 Å². The van der Waals surface area contributed by atoms with Gasteiger partial charge < -0.3 is 19.5 Å². The molecule has 0 aliphatic carbocycles. The van der Waals surface area contributed by atoms with Gasteiger partial charge in [0.05, 0.1) is 86.3 Å². The van der Waals surface area contributed by atoms with Gasteiger partial charge in [0.1, 0.15) is 5.75 Å². The van der Waals surface area contributed by atoms with Crippen LogP contribution in [0, 0.1) is 5.92 Å². The van der Waals surface area contributed by atoms with Gasteiger partial charge in [0.25, 0.3) is 17.0 Å². The van der Waals surface area contributed by atoms with Crippen molar-refractivity contribution in [2.45, 2.75) is 62.7 Å². The van der Waals surface area contributed by atoms with E-state index in [1.165, 1.54) is 14.6 Å². The summed E-state index contributed by atoms with van der Waals surface area (Å²) >= 11 is 0. The van der Waals surface area contributed by atoms with Crippen LogP contribution >= 0.6 is 0 Å². The van der Waals surface area contributed by atoms with Gasteiger partial charge in [-0.25, -0.2) is 0 Å². The van der Waals surface area contributed by atoms with E-state index in [0.717, 1.165) is 27.6 Å². The average molecular weight is 961 g/mol. The number of methoxy groups -OCH3 is 1. The highest BCUT2D eigenvalue weighted by Crippen LogP contribution is 2.60. The van der Waals surface area contributed by atoms with Gasteiger partial charge in [-0.3, -0.25) is 19.1 Å². The number of rotatable bonds is 13. The molecule has 11 rings (SSSR count). The zero-order valence-corrected chi connectivity index (χ0v) is 40.8. The molecule has 2 aliphatic rings. The molecular weight excluding hydrogens is 909 g/mol. The number of carbonyl (C=O) groups excluding carboxylic acids is 1. The Morgan fingerprint density at radius 1 is 0.761 bits per heavy atom. The van der Waals surface area contributed by atoms with E-state index in [4.69, 9.17) is 9.47 Å². The quantitative estimate of drug-likeness (QED) is 0.114. The number of fused-ring (bicyclic) bond motifs is 4. The minimum absolute atomic E-state index is 0.0950. The van der Waals surface area contributed by atoms with Crippen LogP contribution in [0.25, 0.3) is 32.9 Å². The van der Waals surface area contributed by atoms with Gasteiger partial charge in [-0.1, -0.05) is 121 Å². The van der Waals surface area contributed by atoms with Crippen molar-refractivity contribution in [1.82, 2.24) is 34.6 Å². The van der Waals surface area contributed by atoms with Crippen molar-refractivity contribution in [2.75, 3.05) is 18.6 Å². The van der Waals surface area contributed by atoms with Gasteiger partial charge in [-0.2, -0.15) is 19.6 Å². The third kappa shape index (κ3) is 7.77. The summed E-state index contributed by atoms with van der Waals surface area (Å²) in [5.74, 6) is -0.121. The second-order valence-corrected chi connectivity index (χ2v) is 23.8. The summed E-state index contributed by atoms with van der Waals surface area (Å²) in [4.78, 5) is 45.4. The van der Waals surface area contributed by atoms with Crippen LogP contribution in [0.1, 0.15) is 41.6 Å². The van der Waals surface area contributed by atoms with E-state index in [1.54, 1.807) is 41.2 Å². The summed E-state index contributed by atoms with van der Waals surface area (Å²) in [6, 6.07) is 46.0. The van der Waals surface area contributed by atoms with Crippen molar-refractivity contribution in [3.05, 3.63) is 207 Å². The fourth-order valence-corrected chi connectivity index (χ4v) is 15.3. The monoisotopic (exact) mass is 960 g/mol. The lowest BCUT2D eigenvalue weighted by molar-refractivity contribution is -0.146. The number of aryl methyl sites for hydroxylation is 1. The molecule has 6 aromatic carbocycles. The molecule has 0 saturated carbocycles. The minimum atomic E-state index is -2.56. The zero-order valence-electron chi connectivity index (χ0n) is 39.8. The van der Waals surface area contributed by atoms with E-state index < -0.39 is 19.8 Å². The van der Waals surface area contributed by atoms with E-state index in [0.29, 0.717) is 52.1 Å². The number of aliphatic hydroxyl groups is 1. The number of aromatic nitrogens is 7. The Hall–Kier alpha value is -7.85. The van der Waals surface area contributed by atoms with E-state index >= 15 is 4.79 Å². The molecule has 1 unspecified atom stereocenters. The maximum Gasteiger partial charge on any atom is 0.279 e. The second kappa shape index (κ2) is 18.2. The Kier molecular flexibility index (Phi) is 11.7. The number of carbonyl (C=O) groups is 1. The lowest BCUT2D eigenvalue weighted by atomic mass is 9.82. The fourth-order valence-electron chi connectivity index (χ4n) is 11.2. The van der Waals surface area contributed by atoms with Gasteiger partial charge >= 0.3 is 0 Å². The van der Waals surface area contributed by atoms with Crippen molar-refractivity contribution >= 4 is 46.4 Å². The third-order valence-electron chi connectivity index (χ3n) is 14.9. The Morgan fingerprint density at radius 2 is 1.38 bits per heavy atom. The number of hydrogen-bond acceptors (Lipinski definition) is 10. The summed E-state index contributed by atoms with van der Waals surface area (Å²) in [6.07, 6.45) is 5.35. The van der Waals surface area contributed by atoms with E-state index in [9.17, 15) is 14.7 Å². The molecule has 1 N–H and O–H groups in total. The number of aliphatic hydroxyl groups excluding tert-OH is 1. The molecule has 9 aromatic rings. The first-order valence-electron chi connectivity index (χ1n) is 23.9. The van der Waals surface area contributed by atoms with Crippen molar-refractivity contribution in [1.29, 1.82) is 0 Å². The number of amides is 1. The van der Waals surface area contributed by atoms with Gasteiger partial charge in [0.15, 0.2) is 5.60 Å². The molecule has 356 valence electrons. The van der Waals surface area contributed by atoms with E-state index in [2.05, 4.69) is 52.7 Å². The van der Waals surface area contributed by atoms with Gasteiger partial charge in [-0.15, -0.1) is 5.10 Å². The molecule has 1 fully saturated rings. The fraction of sp³-hybridized carbons (Fsp3) is 0.232. The summed E-state index contributed by atoms with van der Waals surface area (Å²) in [6.45, 7) is 7.36. The predicted molar refractivity (Wildman–Crippen MR) is 275 cm³/mol. The number of hydrogen-bond donors (Lipinski definition) is 1. The van der Waals surface area contributed by atoms with Crippen LogP contribution in [0.4, 0.5) is 5.69 Å². The van der Waals surface area contributed by atoms with Crippen molar-refractivity contribution in [3.8, 4) is 17.1 Å². The molecule has 1 spiro atoms. The molecule has 71 heavy (non-hydrogen) atoms. The maximum absolute atomic E-state index is 15.9. The number of ether oxygens (including phenoxy) is 2. The molecule has 14 nitrogen and oxygen atoms in total. The van der Waals surface area contributed by atoms with Crippen LogP contribution in [0.2, 0.25) is 18.6 Å². The standard InChI is InChI=1S/C56H52N8O6Si/c1-36-52(71(3,4)44-25-23-43(69-2)24-26-44)51(28-29-61-34-49(59-60-61)47(35-65)38-12-6-5-7-13-38)70-56(36)48-30-42(64-54(67)46-17-11-9-15-40(46)32-58-64)22-27-50(48)62(55(56)68)33-37-18-20-41(21-19-37)63-53(66)45-16-10-8-14-39(45)31-57-63/h5-27,30-32,34,36,47,51-52,65H,28-29,33,35H2,1-4H3/t36-,47?,51+,52-,56+/m1/s1. The van der Waals surface area contributed by atoms with Gasteiger partial charge in [0.2, 0.25) is 0 Å². The van der Waals surface area contributed by atoms with Crippen LogP contribution in [0.3, 0.4) is 0 Å². The summed E-state index contributed by atoms with van der Waals surface area (Å²) in [5, 5.41) is 32.4. The molecule has 5 heterocycles. The van der Waals surface area contributed by atoms with E-state index in [-0.39, 0.29) is 47.6 Å². The van der Waals surface area contributed by atoms with Gasteiger partial charge in [-0.05, 0) is 77.7 Å². The van der Waals surface area contributed by atoms with Crippen LogP contribution < -0.4 is 25.9 Å². The Balaban J connectivity index is 0.999. The molecule has 3 aromatic heterocycles. The molecule has 2 aliphatic heterocycles. The Bertz CT molecular complexity index is 3580. The highest BCUT2D eigenvalue weighted by Gasteiger charge is 2.66. The molecule has 0 radical (unpaired) electrons. The van der Waals surface area contributed by atoms with Crippen molar-refractivity contribution in [3.63, 3.8) is 0 Å². The lowest BCUT2D eigenvalue weighted by Gasteiger charge is -2.37. The van der Waals surface area contributed by atoms with Crippen LogP contribution in [-0.4, -0.2) is 73.5 Å². The predicted octanol–water partition coefficient (Wildman–Crippen LogP) is 7.66. The third-order valence-corrected chi connectivity index (χ3v) is 19.3. The van der Waals surface area contributed by atoms with Crippen molar-refractivity contribution < 1.29 is 19.4 Å². The number of anilines is 1. The number of nitrogens with zero attached hydrogens (tertiary/aromatic N) is 8. The summed E-state index contributed by atoms with van der Waals surface area (Å²) < 4.78 is 17.7. The first-order chi connectivity index (χ1) is 34.5.